The van der Waals surface area contributed by atoms with Gasteiger partial charge < -0.3 is 15.7 Å². The Morgan fingerprint density at radius 3 is 1.94 bits per heavy atom. The van der Waals surface area contributed by atoms with Crippen LogP contribution in [0.2, 0.25) is 0 Å². The Morgan fingerprint density at radius 1 is 0.806 bits per heavy atom. The van der Waals surface area contributed by atoms with Crippen LogP contribution in [0.5, 0.6) is 0 Å². The second-order valence-electron chi connectivity index (χ2n) is 8.19. The molecule has 4 aromatic rings. The van der Waals surface area contributed by atoms with Crippen LogP contribution in [0.3, 0.4) is 0 Å². The van der Waals surface area contributed by atoms with Crippen molar-refractivity contribution in [3.05, 3.63) is 107 Å². The summed E-state index contributed by atoms with van der Waals surface area (Å²) in [6.07, 6.45) is 3.07. The monoisotopic (exact) mass is 480 g/mol. The topological polar surface area (TPSA) is 121 Å². The van der Waals surface area contributed by atoms with E-state index in [9.17, 15) is 19.5 Å². The predicted molar refractivity (Wildman–Crippen MR) is 137 cm³/mol. The van der Waals surface area contributed by atoms with E-state index in [1.165, 1.54) is 18.5 Å². The number of aliphatic hydroxyl groups excluding tert-OH is 1. The number of pyridine rings is 2. The van der Waals surface area contributed by atoms with E-state index in [-0.39, 0.29) is 11.6 Å². The van der Waals surface area contributed by atoms with E-state index in [1.807, 2.05) is 50.2 Å². The number of rotatable bonds is 8. The van der Waals surface area contributed by atoms with Gasteiger partial charge in [0, 0.05) is 34.9 Å². The van der Waals surface area contributed by atoms with Crippen molar-refractivity contribution in [3.8, 4) is 11.1 Å². The molecule has 0 saturated heterocycles. The van der Waals surface area contributed by atoms with Crippen LogP contribution in [-0.2, 0) is 0 Å². The van der Waals surface area contributed by atoms with Crippen molar-refractivity contribution in [2.24, 2.45) is 0 Å². The van der Waals surface area contributed by atoms with Gasteiger partial charge in [-0.1, -0.05) is 24.3 Å². The number of carbonyl (C=O) groups excluding carboxylic acids is 3. The standard InChI is InChI=1S/C28H24N4O4/c1-17-21(5-3-7-23(17)31-27(35)25-11-9-19(15-33)13-29-25)22-6-4-8-24(18(22)2)32-28(36)26-12-10-20(16-34)14-30-26/h3-16,27,31,35H,1-2H3,(H,32,36). The molecule has 2 heterocycles. The maximum atomic E-state index is 12.7. The molecule has 0 aliphatic rings. The van der Waals surface area contributed by atoms with Crippen LogP contribution in [0.4, 0.5) is 11.4 Å². The molecule has 0 radical (unpaired) electrons. The highest BCUT2D eigenvalue weighted by Crippen LogP contribution is 2.34. The second kappa shape index (κ2) is 10.7. The van der Waals surface area contributed by atoms with Gasteiger partial charge in [-0.3, -0.25) is 24.4 Å². The average molecular weight is 481 g/mol. The highest BCUT2D eigenvalue weighted by molar-refractivity contribution is 6.04. The molecule has 0 aliphatic carbocycles. The highest BCUT2D eigenvalue weighted by atomic mass is 16.3. The van der Waals surface area contributed by atoms with Crippen molar-refractivity contribution >= 4 is 29.9 Å². The van der Waals surface area contributed by atoms with Crippen LogP contribution in [-0.4, -0.2) is 33.6 Å². The van der Waals surface area contributed by atoms with Gasteiger partial charge in [-0.15, -0.1) is 0 Å². The zero-order valence-corrected chi connectivity index (χ0v) is 19.7. The van der Waals surface area contributed by atoms with Gasteiger partial charge in [0.15, 0.2) is 18.8 Å². The predicted octanol–water partition coefficient (Wildman–Crippen LogP) is 4.74. The lowest BCUT2D eigenvalue weighted by Crippen LogP contribution is -2.15. The molecule has 1 atom stereocenters. The zero-order chi connectivity index (χ0) is 25.7. The molecule has 0 spiro atoms. The van der Waals surface area contributed by atoms with Crippen LogP contribution < -0.4 is 10.6 Å². The molecule has 0 fully saturated rings. The van der Waals surface area contributed by atoms with Gasteiger partial charge in [0.05, 0.1) is 5.69 Å². The van der Waals surface area contributed by atoms with Crippen LogP contribution in [0.15, 0.2) is 73.1 Å². The number of aldehydes is 2. The van der Waals surface area contributed by atoms with Crippen molar-refractivity contribution in [1.29, 1.82) is 0 Å². The number of benzene rings is 2. The number of nitrogens with zero attached hydrogens (tertiary/aromatic N) is 2. The Hall–Kier alpha value is -4.69. The number of aromatic nitrogens is 2. The average Bonchev–Trinajstić information content (AvgIpc) is 2.91. The van der Waals surface area contributed by atoms with Gasteiger partial charge in [-0.2, -0.15) is 0 Å². The van der Waals surface area contributed by atoms with E-state index in [2.05, 4.69) is 20.6 Å². The van der Waals surface area contributed by atoms with Crippen LogP contribution in [0.25, 0.3) is 11.1 Å². The summed E-state index contributed by atoms with van der Waals surface area (Å²) in [5.74, 6) is -0.379. The normalized spacial score (nSPS) is 11.4. The maximum Gasteiger partial charge on any atom is 0.274 e. The van der Waals surface area contributed by atoms with Crippen molar-refractivity contribution in [1.82, 2.24) is 9.97 Å². The SMILES string of the molecule is Cc1c(NC(=O)c2ccc(C=O)cn2)cccc1-c1cccc(NC(O)c2ccc(C=O)cn2)c1C. The summed E-state index contributed by atoms with van der Waals surface area (Å²) in [5, 5.41) is 16.6. The fourth-order valence-corrected chi connectivity index (χ4v) is 3.81. The summed E-state index contributed by atoms with van der Waals surface area (Å²) in [5.41, 5.74) is 6.39. The van der Waals surface area contributed by atoms with Crippen molar-refractivity contribution in [2.45, 2.75) is 20.1 Å². The molecule has 0 aliphatic heterocycles. The minimum atomic E-state index is -1.07. The lowest BCUT2D eigenvalue weighted by atomic mass is 9.94. The Morgan fingerprint density at radius 2 is 1.39 bits per heavy atom. The molecule has 2 aromatic heterocycles. The number of carbonyl (C=O) groups is 3. The van der Waals surface area contributed by atoms with Crippen molar-refractivity contribution in [3.63, 3.8) is 0 Å². The number of hydrogen-bond donors (Lipinski definition) is 3. The van der Waals surface area contributed by atoms with Gasteiger partial charge in [-0.05, 0) is 72.5 Å². The van der Waals surface area contributed by atoms with Crippen LogP contribution in [0.1, 0.15) is 54.3 Å². The zero-order valence-electron chi connectivity index (χ0n) is 19.7. The van der Waals surface area contributed by atoms with E-state index in [1.54, 1.807) is 18.2 Å². The molecular weight excluding hydrogens is 456 g/mol. The smallest absolute Gasteiger partial charge is 0.274 e. The third kappa shape index (κ3) is 5.18. The summed E-state index contributed by atoms with van der Waals surface area (Å²) >= 11 is 0. The fraction of sp³-hybridized carbons (Fsp3) is 0.107. The Kier molecular flexibility index (Phi) is 7.27. The lowest BCUT2D eigenvalue weighted by molar-refractivity contribution is 0.102. The maximum absolute atomic E-state index is 12.7. The Balaban J connectivity index is 1.58. The number of anilines is 2. The molecule has 4 rings (SSSR count). The van der Waals surface area contributed by atoms with E-state index in [0.717, 1.165) is 27.9 Å². The number of aliphatic hydroxyl groups is 1. The van der Waals surface area contributed by atoms with Gasteiger partial charge in [-0.25, -0.2) is 0 Å². The van der Waals surface area contributed by atoms with E-state index in [4.69, 9.17) is 0 Å². The first kappa shape index (κ1) is 24.4. The van der Waals surface area contributed by atoms with Gasteiger partial charge >= 0.3 is 0 Å². The second-order valence-corrected chi connectivity index (χ2v) is 8.19. The number of hydrogen-bond acceptors (Lipinski definition) is 7. The summed E-state index contributed by atoms with van der Waals surface area (Å²) in [6.45, 7) is 3.86. The largest absolute Gasteiger partial charge is 0.368 e. The molecule has 3 N–H and O–H groups in total. The first-order valence-corrected chi connectivity index (χ1v) is 11.2. The molecule has 1 unspecified atom stereocenters. The quantitative estimate of drug-likeness (QED) is 0.246. The van der Waals surface area contributed by atoms with Gasteiger partial charge in [0.2, 0.25) is 0 Å². The van der Waals surface area contributed by atoms with Gasteiger partial charge in [0.25, 0.3) is 5.91 Å². The molecule has 8 heteroatoms. The minimum Gasteiger partial charge on any atom is -0.368 e. The Labute approximate surface area is 208 Å². The molecule has 36 heavy (non-hydrogen) atoms. The molecule has 2 aromatic carbocycles. The summed E-state index contributed by atoms with van der Waals surface area (Å²) in [6, 6.07) is 17.6. The fourth-order valence-electron chi connectivity index (χ4n) is 3.81. The summed E-state index contributed by atoms with van der Waals surface area (Å²) in [7, 11) is 0. The van der Waals surface area contributed by atoms with Crippen molar-refractivity contribution in [2.75, 3.05) is 10.6 Å². The van der Waals surface area contributed by atoms with Crippen LogP contribution >= 0.6 is 0 Å². The van der Waals surface area contributed by atoms with Crippen molar-refractivity contribution < 1.29 is 19.5 Å². The van der Waals surface area contributed by atoms with Gasteiger partial charge in [0.1, 0.15) is 5.69 Å². The first-order chi connectivity index (χ1) is 17.4. The summed E-state index contributed by atoms with van der Waals surface area (Å²) < 4.78 is 0. The molecule has 1 amide bonds. The molecule has 0 bridgehead atoms. The minimum absolute atomic E-state index is 0.205. The third-order valence-electron chi connectivity index (χ3n) is 5.88. The molecular formula is C28H24N4O4. The Bertz CT molecular complexity index is 1420. The first-order valence-electron chi connectivity index (χ1n) is 11.2. The van der Waals surface area contributed by atoms with E-state index in [0.29, 0.717) is 35.1 Å². The molecule has 0 saturated carbocycles. The van der Waals surface area contributed by atoms with E-state index < -0.39 is 6.23 Å². The van der Waals surface area contributed by atoms with E-state index >= 15 is 0 Å². The number of nitrogens with one attached hydrogen (secondary N) is 2. The number of amides is 1. The highest BCUT2D eigenvalue weighted by Gasteiger charge is 2.16. The molecule has 180 valence electrons. The lowest BCUT2D eigenvalue weighted by Gasteiger charge is -2.19. The molecule has 8 nitrogen and oxygen atoms in total. The van der Waals surface area contributed by atoms with Crippen LogP contribution in [0, 0.1) is 13.8 Å². The summed E-state index contributed by atoms with van der Waals surface area (Å²) in [4.78, 5) is 42.6. The third-order valence-corrected chi connectivity index (χ3v) is 5.88.